The summed E-state index contributed by atoms with van der Waals surface area (Å²) >= 11 is 2.90. The number of nitrogens with zero attached hydrogens (tertiary/aromatic N) is 3. The Balaban J connectivity index is 1.87. The van der Waals surface area contributed by atoms with Gasteiger partial charge in [-0.05, 0) is 37.1 Å². The molecule has 1 amide bonds. The number of aromatic nitrogens is 2. The number of anilines is 2. The van der Waals surface area contributed by atoms with Gasteiger partial charge in [-0.2, -0.15) is 0 Å². The second-order valence-corrected chi connectivity index (χ2v) is 9.91. The first-order valence-corrected chi connectivity index (χ1v) is 11.9. The van der Waals surface area contributed by atoms with E-state index in [9.17, 15) is 17.6 Å². The maximum atomic E-state index is 13.0. The van der Waals surface area contributed by atoms with Gasteiger partial charge in [0.05, 0.1) is 11.9 Å². The van der Waals surface area contributed by atoms with Crippen molar-refractivity contribution < 1.29 is 17.6 Å². The van der Waals surface area contributed by atoms with Gasteiger partial charge in [-0.1, -0.05) is 30.0 Å². The monoisotopic (exact) mass is 432 g/mol. The van der Waals surface area contributed by atoms with Crippen LogP contribution in [0, 0.1) is 5.82 Å². The van der Waals surface area contributed by atoms with Gasteiger partial charge in [0.2, 0.25) is 21.1 Å². The Kier molecular flexibility index (Phi) is 7.99. The van der Waals surface area contributed by atoms with Gasteiger partial charge >= 0.3 is 0 Å². The Bertz CT molecular complexity index is 856. The topological polar surface area (TPSA) is 92.3 Å². The second-order valence-electron chi connectivity index (χ2n) is 5.68. The average Bonchev–Trinajstić information content (AvgIpc) is 3.04. The molecule has 0 bridgehead atoms. The molecule has 11 heteroatoms. The molecule has 7 nitrogen and oxygen atoms in total. The predicted octanol–water partition coefficient (Wildman–Crippen LogP) is 3.36. The van der Waals surface area contributed by atoms with Gasteiger partial charge in [-0.3, -0.25) is 9.10 Å². The minimum Gasteiger partial charge on any atom is -0.301 e. The number of thioether (sulfide) groups is 1. The SMILES string of the molecule is CCCSc1nnc(NC(=O)CCCN(c2ccc(F)cc2)S(C)(=O)=O)s1. The maximum absolute atomic E-state index is 13.0. The third-order valence-electron chi connectivity index (χ3n) is 3.36. The smallest absolute Gasteiger partial charge is 0.232 e. The van der Waals surface area contributed by atoms with Gasteiger partial charge < -0.3 is 5.32 Å². The standard InChI is InChI=1S/C16H21FN4O3S3/c1-3-11-25-16-20-19-15(26-16)18-14(22)5-4-10-21(27(2,23)24)13-8-6-12(17)7-9-13/h6-9H,3-5,10-11H2,1-2H3,(H,18,19,22). The molecule has 0 atom stereocenters. The average molecular weight is 433 g/mol. The number of halogens is 1. The minimum atomic E-state index is -3.54. The van der Waals surface area contributed by atoms with E-state index < -0.39 is 15.8 Å². The van der Waals surface area contributed by atoms with Gasteiger partial charge in [0, 0.05) is 18.7 Å². The summed E-state index contributed by atoms with van der Waals surface area (Å²) in [6.45, 7) is 2.19. The summed E-state index contributed by atoms with van der Waals surface area (Å²) in [5.74, 6) is 0.235. The van der Waals surface area contributed by atoms with Crippen molar-refractivity contribution in [3.63, 3.8) is 0 Å². The molecule has 1 N–H and O–H groups in total. The number of hydrogen-bond donors (Lipinski definition) is 1. The van der Waals surface area contributed by atoms with Gasteiger partial charge in [0.25, 0.3) is 0 Å². The maximum Gasteiger partial charge on any atom is 0.232 e. The highest BCUT2D eigenvalue weighted by atomic mass is 32.2. The van der Waals surface area contributed by atoms with Crippen LogP contribution >= 0.6 is 23.1 Å². The van der Waals surface area contributed by atoms with E-state index in [0.29, 0.717) is 17.2 Å². The predicted molar refractivity (Wildman–Crippen MR) is 107 cm³/mol. The molecule has 1 heterocycles. The van der Waals surface area contributed by atoms with Crippen LogP contribution in [0.2, 0.25) is 0 Å². The molecule has 27 heavy (non-hydrogen) atoms. The molecule has 0 saturated heterocycles. The fourth-order valence-corrected chi connectivity index (χ4v) is 4.83. The summed E-state index contributed by atoms with van der Waals surface area (Å²) < 4.78 is 39.0. The van der Waals surface area contributed by atoms with E-state index in [-0.39, 0.29) is 18.9 Å². The second kappa shape index (κ2) is 10.00. The van der Waals surface area contributed by atoms with Crippen molar-refractivity contribution in [2.45, 2.75) is 30.5 Å². The molecule has 0 spiro atoms. The van der Waals surface area contributed by atoms with Gasteiger partial charge in [0.15, 0.2) is 4.34 Å². The number of rotatable bonds is 10. The summed E-state index contributed by atoms with van der Waals surface area (Å²) in [5.41, 5.74) is 0.362. The van der Waals surface area contributed by atoms with Gasteiger partial charge in [-0.25, -0.2) is 12.8 Å². The van der Waals surface area contributed by atoms with Crippen LogP contribution in [0.1, 0.15) is 26.2 Å². The van der Waals surface area contributed by atoms with Crippen molar-refractivity contribution in [1.82, 2.24) is 10.2 Å². The van der Waals surface area contributed by atoms with E-state index in [1.54, 1.807) is 11.8 Å². The number of benzene rings is 1. The number of sulfonamides is 1. The van der Waals surface area contributed by atoms with Gasteiger partial charge in [-0.15, -0.1) is 10.2 Å². The first-order chi connectivity index (χ1) is 12.8. The Morgan fingerprint density at radius 3 is 2.63 bits per heavy atom. The van der Waals surface area contributed by atoms with Crippen molar-refractivity contribution in [2.75, 3.05) is 28.2 Å². The molecule has 2 rings (SSSR count). The lowest BCUT2D eigenvalue weighted by Crippen LogP contribution is -2.31. The highest BCUT2D eigenvalue weighted by Gasteiger charge is 2.18. The first-order valence-electron chi connectivity index (χ1n) is 8.29. The molecule has 0 fully saturated rings. The zero-order valence-corrected chi connectivity index (χ0v) is 17.5. The quantitative estimate of drug-likeness (QED) is 0.457. The molecule has 1 aromatic carbocycles. The van der Waals surface area contributed by atoms with E-state index in [2.05, 4.69) is 22.4 Å². The van der Waals surface area contributed by atoms with Gasteiger partial charge in [0.1, 0.15) is 5.82 Å². The number of carbonyl (C=O) groups is 1. The molecule has 1 aromatic heterocycles. The van der Waals surface area contributed by atoms with Crippen LogP contribution in [0.15, 0.2) is 28.6 Å². The molecule has 0 aliphatic rings. The normalized spacial score (nSPS) is 11.4. The van der Waals surface area contributed by atoms with E-state index in [1.165, 1.54) is 35.6 Å². The zero-order valence-electron chi connectivity index (χ0n) is 15.0. The Hall–Kier alpha value is -1.72. The lowest BCUT2D eigenvalue weighted by atomic mass is 10.2. The molecule has 0 saturated carbocycles. The van der Waals surface area contributed by atoms with Crippen LogP contribution in [0.25, 0.3) is 0 Å². The van der Waals surface area contributed by atoms with Crippen LogP contribution in [0.4, 0.5) is 15.2 Å². The summed E-state index contributed by atoms with van der Waals surface area (Å²) in [5, 5.41) is 11.0. The first kappa shape index (κ1) is 21.6. The van der Waals surface area contributed by atoms with Crippen LogP contribution in [0.5, 0.6) is 0 Å². The minimum absolute atomic E-state index is 0.117. The van der Waals surface area contributed by atoms with Crippen LogP contribution < -0.4 is 9.62 Å². The number of carbonyl (C=O) groups excluding carboxylic acids is 1. The van der Waals surface area contributed by atoms with Crippen LogP contribution in [0.3, 0.4) is 0 Å². The highest BCUT2D eigenvalue weighted by Crippen LogP contribution is 2.26. The Morgan fingerprint density at radius 1 is 1.30 bits per heavy atom. The van der Waals surface area contributed by atoms with Crippen molar-refractivity contribution >= 4 is 49.8 Å². The fourth-order valence-electron chi connectivity index (χ4n) is 2.17. The lowest BCUT2D eigenvalue weighted by molar-refractivity contribution is -0.116. The summed E-state index contributed by atoms with van der Waals surface area (Å²) in [6, 6.07) is 5.19. The number of hydrogen-bond acceptors (Lipinski definition) is 7. The van der Waals surface area contributed by atoms with E-state index in [1.807, 2.05) is 0 Å². The van der Waals surface area contributed by atoms with Crippen molar-refractivity contribution in [3.8, 4) is 0 Å². The van der Waals surface area contributed by atoms with Crippen LogP contribution in [-0.2, 0) is 14.8 Å². The summed E-state index contributed by atoms with van der Waals surface area (Å²) in [6.07, 6.45) is 2.54. The molecule has 0 aliphatic heterocycles. The van der Waals surface area contributed by atoms with E-state index in [0.717, 1.165) is 27.1 Å². The third-order valence-corrected chi connectivity index (χ3v) is 6.73. The lowest BCUT2D eigenvalue weighted by Gasteiger charge is -2.22. The molecule has 0 radical (unpaired) electrons. The van der Waals surface area contributed by atoms with Crippen molar-refractivity contribution in [1.29, 1.82) is 0 Å². The largest absolute Gasteiger partial charge is 0.301 e. The number of amides is 1. The zero-order chi connectivity index (χ0) is 19.9. The van der Waals surface area contributed by atoms with E-state index in [4.69, 9.17) is 0 Å². The molecular formula is C16H21FN4O3S3. The number of nitrogens with one attached hydrogen (secondary N) is 1. The molecule has 148 valence electrons. The van der Waals surface area contributed by atoms with E-state index >= 15 is 0 Å². The molecule has 0 unspecified atom stereocenters. The molecule has 0 aliphatic carbocycles. The Labute approximate surface area is 166 Å². The molecular weight excluding hydrogens is 411 g/mol. The third kappa shape index (κ3) is 7.07. The highest BCUT2D eigenvalue weighted by molar-refractivity contribution is 8.01. The van der Waals surface area contributed by atoms with Crippen molar-refractivity contribution in [2.24, 2.45) is 0 Å². The fraction of sp³-hybridized carbons (Fsp3) is 0.438. The Morgan fingerprint density at radius 2 is 2.00 bits per heavy atom. The van der Waals surface area contributed by atoms with Crippen LogP contribution in [-0.4, -0.2) is 43.1 Å². The molecule has 2 aromatic rings. The summed E-state index contributed by atoms with van der Waals surface area (Å²) in [4.78, 5) is 12.1. The van der Waals surface area contributed by atoms with Crippen molar-refractivity contribution in [3.05, 3.63) is 30.1 Å². The summed E-state index contributed by atoms with van der Waals surface area (Å²) in [7, 11) is -3.54.